The molecule has 1 aliphatic heterocycles. The van der Waals surface area contributed by atoms with E-state index in [1.165, 1.54) is 32.1 Å². The van der Waals surface area contributed by atoms with Gasteiger partial charge >= 0.3 is 0 Å². The van der Waals surface area contributed by atoms with Gasteiger partial charge in [0.25, 0.3) is 0 Å². The second-order valence-electron chi connectivity index (χ2n) is 7.88. The van der Waals surface area contributed by atoms with Crippen molar-refractivity contribution in [2.45, 2.75) is 103 Å². The van der Waals surface area contributed by atoms with Crippen LogP contribution in [0.5, 0.6) is 0 Å². The van der Waals surface area contributed by atoms with E-state index in [0.717, 1.165) is 25.0 Å². The Morgan fingerprint density at radius 1 is 1.10 bits per heavy atom. The van der Waals surface area contributed by atoms with Crippen molar-refractivity contribution < 1.29 is 4.84 Å². The summed E-state index contributed by atoms with van der Waals surface area (Å²) in [5.74, 6) is 0.892. The molecule has 0 saturated carbocycles. The van der Waals surface area contributed by atoms with Crippen LogP contribution in [0.25, 0.3) is 0 Å². The van der Waals surface area contributed by atoms with E-state index < -0.39 is 0 Å². The lowest BCUT2D eigenvalue weighted by Crippen LogP contribution is -2.62. The van der Waals surface area contributed by atoms with Crippen LogP contribution in [0.1, 0.15) is 86.0 Å². The highest BCUT2D eigenvalue weighted by atomic mass is 16.7. The summed E-state index contributed by atoms with van der Waals surface area (Å²) in [6, 6.07) is 0.247. The highest BCUT2D eigenvalue weighted by molar-refractivity contribution is 4.99. The van der Waals surface area contributed by atoms with Crippen molar-refractivity contribution in [1.82, 2.24) is 5.06 Å². The molecule has 0 bridgehead atoms. The van der Waals surface area contributed by atoms with Gasteiger partial charge in [0, 0.05) is 12.5 Å². The lowest BCUT2D eigenvalue weighted by Gasteiger charge is -2.53. The van der Waals surface area contributed by atoms with E-state index in [4.69, 9.17) is 10.6 Å². The van der Waals surface area contributed by atoms with E-state index in [0.29, 0.717) is 0 Å². The van der Waals surface area contributed by atoms with Crippen molar-refractivity contribution in [3.05, 3.63) is 12.3 Å². The van der Waals surface area contributed by atoms with Crippen LogP contribution in [0.2, 0.25) is 0 Å². The van der Waals surface area contributed by atoms with Gasteiger partial charge in [-0.1, -0.05) is 39.2 Å². The summed E-state index contributed by atoms with van der Waals surface area (Å²) < 4.78 is 0. The maximum atomic E-state index is 6.20. The number of nitrogens with zero attached hydrogens (tertiary/aromatic N) is 1. The molecule has 0 radical (unpaired) electrons. The third kappa shape index (κ3) is 5.63. The maximum Gasteiger partial charge on any atom is 0.117 e. The lowest BCUT2D eigenvalue weighted by atomic mass is 9.79. The van der Waals surface area contributed by atoms with Gasteiger partial charge in [0.05, 0.1) is 11.1 Å². The Hall–Kier alpha value is -0.540. The van der Waals surface area contributed by atoms with Crippen LogP contribution >= 0.6 is 0 Å². The smallest absolute Gasteiger partial charge is 0.117 e. The third-order valence-corrected chi connectivity index (χ3v) is 4.40. The molecule has 2 N–H and O–H groups in total. The van der Waals surface area contributed by atoms with Crippen molar-refractivity contribution in [2.24, 2.45) is 5.73 Å². The number of hydrogen-bond acceptors (Lipinski definition) is 3. The number of hydrogen-bond donors (Lipinski definition) is 1. The largest absolute Gasteiger partial charge is 0.410 e. The molecule has 0 spiro atoms. The van der Waals surface area contributed by atoms with E-state index in [1.54, 1.807) is 0 Å². The fraction of sp³-hybridized carbons (Fsp3) is 0.889. The Labute approximate surface area is 131 Å². The zero-order valence-electron chi connectivity index (χ0n) is 14.9. The molecule has 3 heteroatoms. The zero-order valence-corrected chi connectivity index (χ0v) is 14.9. The summed E-state index contributed by atoms with van der Waals surface area (Å²) in [6.07, 6.45) is 9.25. The standard InChI is InChI=1S/C18H36N2O/c1-7-8-9-10-11-12-15(2)21-20-17(3,4)13-16(19)14-18(20,5)6/h16H,2,7-14,19H2,1,3-6H3. The zero-order chi connectivity index (χ0) is 16.1. The maximum absolute atomic E-state index is 6.20. The molecular weight excluding hydrogens is 260 g/mol. The van der Waals surface area contributed by atoms with E-state index in [9.17, 15) is 0 Å². The molecule has 3 nitrogen and oxygen atoms in total. The minimum absolute atomic E-state index is 0.0493. The molecule has 1 aliphatic rings. The lowest BCUT2D eigenvalue weighted by molar-refractivity contribution is -0.259. The van der Waals surface area contributed by atoms with Gasteiger partial charge in [-0.05, 0) is 47.0 Å². The van der Waals surface area contributed by atoms with Gasteiger partial charge in [-0.25, -0.2) is 0 Å². The van der Waals surface area contributed by atoms with E-state index in [1.807, 2.05) is 0 Å². The van der Waals surface area contributed by atoms with Crippen molar-refractivity contribution >= 4 is 0 Å². The minimum Gasteiger partial charge on any atom is -0.410 e. The molecule has 0 amide bonds. The quantitative estimate of drug-likeness (QED) is 0.518. The first-order chi connectivity index (χ1) is 9.69. The van der Waals surface area contributed by atoms with Crippen molar-refractivity contribution in [2.75, 3.05) is 0 Å². The predicted octanol–water partition coefficient (Wildman–Crippen LogP) is 4.77. The minimum atomic E-state index is -0.0493. The molecule has 21 heavy (non-hydrogen) atoms. The Balaban J connectivity index is 2.49. The first-order valence-corrected chi connectivity index (χ1v) is 8.61. The van der Waals surface area contributed by atoms with Gasteiger partial charge in [0.15, 0.2) is 0 Å². The molecule has 0 aromatic heterocycles. The van der Waals surface area contributed by atoms with E-state index in [-0.39, 0.29) is 17.1 Å². The number of allylic oxidation sites excluding steroid dienone is 1. The average molecular weight is 296 g/mol. The van der Waals surface area contributed by atoms with Crippen molar-refractivity contribution in [3.63, 3.8) is 0 Å². The molecule has 0 atom stereocenters. The number of piperidine rings is 1. The molecule has 1 fully saturated rings. The first kappa shape index (κ1) is 18.5. The van der Waals surface area contributed by atoms with Crippen molar-refractivity contribution in [3.8, 4) is 0 Å². The fourth-order valence-electron chi connectivity index (χ4n) is 3.69. The van der Waals surface area contributed by atoms with Crippen LogP contribution in [-0.2, 0) is 4.84 Å². The SMILES string of the molecule is C=C(CCCCCCC)ON1C(C)(C)CC(N)CC1(C)C. The Morgan fingerprint density at radius 3 is 2.14 bits per heavy atom. The third-order valence-electron chi connectivity index (χ3n) is 4.40. The van der Waals surface area contributed by atoms with Gasteiger partial charge in [0.2, 0.25) is 0 Å². The molecule has 0 aliphatic carbocycles. The van der Waals surface area contributed by atoms with Crippen molar-refractivity contribution in [1.29, 1.82) is 0 Å². The number of rotatable bonds is 8. The topological polar surface area (TPSA) is 38.5 Å². The summed E-state index contributed by atoms with van der Waals surface area (Å²) in [5.41, 5.74) is 6.10. The van der Waals surface area contributed by atoms with Crippen LogP contribution < -0.4 is 5.73 Å². The van der Waals surface area contributed by atoms with Gasteiger partial charge in [0.1, 0.15) is 5.76 Å². The summed E-state index contributed by atoms with van der Waals surface area (Å²) in [4.78, 5) is 6.16. The van der Waals surface area contributed by atoms with Gasteiger partial charge < -0.3 is 10.6 Å². The van der Waals surface area contributed by atoms with Gasteiger partial charge in [-0.3, -0.25) is 0 Å². The summed E-state index contributed by atoms with van der Waals surface area (Å²) in [6.45, 7) is 15.2. The van der Waals surface area contributed by atoms with Crippen LogP contribution in [0.3, 0.4) is 0 Å². The fourth-order valence-corrected chi connectivity index (χ4v) is 3.69. The molecule has 0 unspecified atom stereocenters. The number of nitrogens with two attached hydrogens (primary N) is 1. The highest BCUT2D eigenvalue weighted by Crippen LogP contribution is 2.39. The molecule has 124 valence electrons. The van der Waals surface area contributed by atoms with Crippen LogP contribution in [-0.4, -0.2) is 22.2 Å². The molecule has 1 rings (SSSR count). The first-order valence-electron chi connectivity index (χ1n) is 8.61. The Morgan fingerprint density at radius 2 is 1.62 bits per heavy atom. The monoisotopic (exact) mass is 296 g/mol. The molecule has 1 saturated heterocycles. The van der Waals surface area contributed by atoms with Gasteiger partial charge in [-0.2, -0.15) is 0 Å². The molecular formula is C18H36N2O. The normalized spacial score (nSPS) is 22.2. The molecule has 1 heterocycles. The van der Waals surface area contributed by atoms with E-state index in [2.05, 4.69) is 46.3 Å². The summed E-state index contributed by atoms with van der Waals surface area (Å²) in [5, 5.41) is 2.14. The average Bonchev–Trinajstić information content (AvgIpc) is 2.32. The number of hydroxylamine groups is 2. The summed E-state index contributed by atoms with van der Waals surface area (Å²) in [7, 11) is 0. The second kappa shape index (κ2) is 7.64. The molecule has 0 aromatic carbocycles. The van der Waals surface area contributed by atoms with Crippen LogP contribution in [0.4, 0.5) is 0 Å². The highest BCUT2D eigenvalue weighted by Gasteiger charge is 2.46. The predicted molar refractivity (Wildman–Crippen MR) is 90.8 cm³/mol. The van der Waals surface area contributed by atoms with Crippen LogP contribution in [0.15, 0.2) is 12.3 Å². The Bertz CT molecular complexity index is 318. The Kier molecular flexibility index (Phi) is 6.73. The van der Waals surface area contributed by atoms with Gasteiger partial charge in [-0.15, -0.1) is 5.06 Å². The second-order valence-corrected chi connectivity index (χ2v) is 7.88. The number of unbranched alkanes of at least 4 members (excludes halogenated alkanes) is 4. The summed E-state index contributed by atoms with van der Waals surface area (Å²) >= 11 is 0. The van der Waals surface area contributed by atoms with E-state index >= 15 is 0 Å². The molecule has 0 aromatic rings. The van der Waals surface area contributed by atoms with Crippen LogP contribution in [0, 0.1) is 0 Å².